The summed E-state index contributed by atoms with van der Waals surface area (Å²) in [6, 6.07) is 6.96. The van der Waals surface area contributed by atoms with E-state index in [2.05, 4.69) is 20.3 Å². The first-order chi connectivity index (χ1) is 11.6. The van der Waals surface area contributed by atoms with Crippen LogP contribution in [0.5, 0.6) is 0 Å². The Hall–Kier alpha value is -3.15. The molecule has 3 rings (SSSR count). The molecule has 5 nitrogen and oxygen atoms in total. The second kappa shape index (κ2) is 6.95. The van der Waals surface area contributed by atoms with E-state index in [1.54, 1.807) is 18.6 Å². The van der Waals surface area contributed by atoms with Gasteiger partial charge in [-0.1, -0.05) is 12.1 Å². The summed E-state index contributed by atoms with van der Waals surface area (Å²) in [6.45, 7) is 1.90. The molecule has 6 heteroatoms. The van der Waals surface area contributed by atoms with Gasteiger partial charge in [0.05, 0.1) is 12.6 Å². The van der Waals surface area contributed by atoms with Gasteiger partial charge in [-0.25, -0.2) is 14.4 Å². The Morgan fingerprint density at radius 3 is 2.58 bits per heavy atom. The molecule has 0 aliphatic rings. The summed E-state index contributed by atoms with van der Waals surface area (Å²) < 4.78 is 13.3. The minimum Gasteiger partial charge on any atom is -0.326 e. The molecule has 0 saturated carbocycles. The lowest BCUT2D eigenvalue weighted by Gasteiger charge is -2.11. The summed E-state index contributed by atoms with van der Waals surface area (Å²) in [7, 11) is 0. The third kappa shape index (κ3) is 3.78. The molecule has 0 fully saturated rings. The first-order valence-corrected chi connectivity index (χ1v) is 7.37. The lowest BCUT2D eigenvalue weighted by Crippen LogP contribution is -2.15. The second-order valence-electron chi connectivity index (χ2n) is 5.39. The number of nitrogens with zero attached hydrogens (tertiary/aromatic N) is 3. The van der Waals surface area contributed by atoms with Crippen molar-refractivity contribution >= 4 is 11.6 Å². The Kier molecular flexibility index (Phi) is 4.56. The van der Waals surface area contributed by atoms with Gasteiger partial charge in [0.15, 0.2) is 0 Å². The van der Waals surface area contributed by atoms with E-state index < -0.39 is 5.82 Å². The number of halogens is 1. The van der Waals surface area contributed by atoms with E-state index in [0.29, 0.717) is 11.3 Å². The fourth-order valence-corrected chi connectivity index (χ4v) is 2.31. The van der Waals surface area contributed by atoms with Gasteiger partial charge in [-0.2, -0.15) is 0 Å². The maximum atomic E-state index is 13.3. The van der Waals surface area contributed by atoms with E-state index in [0.717, 1.165) is 22.9 Å². The Morgan fingerprint density at radius 1 is 1.04 bits per heavy atom. The number of pyridine rings is 1. The van der Waals surface area contributed by atoms with Gasteiger partial charge in [-0.15, -0.1) is 0 Å². The molecule has 0 atom stereocenters. The van der Waals surface area contributed by atoms with E-state index in [9.17, 15) is 9.18 Å². The standard InChI is InChI=1S/C18H15FN4O/c1-12-2-3-14(15-5-16(19)10-20-9-15)6-17(12)23-18(24)4-13-7-21-11-22-8-13/h2-3,5-11H,4H2,1H3,(H,23,24). The van der Waals surface area contributed by atoms with E-state index >= 15 is 0 Å². The summed E-state index contributed by atoms with van der Waals surface area (Å²) >= 11 is 0. The van der Waals surface area contributed by atoms with Crippen molar-refractivity contribution in [3.8, 4) is 11.1 Å². The molecule has 24 heavy (non-hydrogen) atoms. The summed E-state index contributed by atoms with van der Waals surface area (Å²) in [5.41, 5.74) is 3.77. The molecule has 0 bridgehead atoms. The number of aryl methyl sites for hydroxylation is 1. The monoisotopic (exact) mass is 322 g/mol. The fourth-order valence-electron chi connectivity index (χ4n) is 2.31. The minimum absolute atomic E-state index is 0.164. The van der Waals surface area contributed by atoms with Gasteiger partial charge in [0.25, 0.3) is 0 Å². The molecule has 2 heterocycles. The van der Waals surface area contributed by atoms with Crippen LogP contribution in [0.2, 0.25) is 0 Å². The Bertz CT molecular complexity index is 868. The van der Waals surface area contributed by atoms with Gasteiger partial charge in [-0.3, -0.25) is 9.78 Å². The first kappa shape index (κ1) is 15.7. The van der Waals surface area contributed by atoms with Crippen LogP contribution in [0.3, 0.4) is 0 Å². The van der Waals surface area contributed by atoms with Crippen molar-refractivity contribution in [1.29, 1.82) is 0 Å². The van der Waals surface area contributed by atoms with Crippen molar-refractivity contribution in [2.24, 2.45) is 0 Å². The number of amides is 1. The lowest BCUT2D eigenvalue weighted by molar-refractivity contribution is -0.115. The summed E-state index contributed by atoms with van der Waals surface area (Å²) in [6.07, 6.45) is 7.56. The van der Waals surface area contributed by atoms with Crippen LogP contribution in [0, 0.1) is 12.7 Å². The number of rotatable bonds is 4. The van der Waals surface area contributed by atoms with Crippen LogP contribution in [-0.2, 0) is 11.2 Å². The van der Waals surface area contributed by atoms with E-state index in [1.165, 1.54) is 12.4 Å². The van der Waals surface area contributed by atoms with Crippen LogP contribution in [0.4, 0.5) is 10.1 Å². The van der Waals surface area contributed by atoms with Crippen LogP contribution in [-0.4, -0.2) is 20.9 Å². The van der Waals surface area contributed by atoms with Crippen molar-refractivity contribution < 1.29 is 9.18 Å². The molecule has 0 unspecified atom stereocenters. The SMILES string of the molecule is Cc1ccc(-c2cncc(F)c2)cc1NC(=O)Cc1cncnc1. The van der Waals surface area contributed by atoms with Gasteiger partial charge in [-0.05, 0) is 35.7 Å². The predicted octanol–water partition coefficient (Wildman–Crippen LogP) is 3.17. The third-order valence-electron chi connectivity index (χ3n) is 3.53. The van der Waals surface area contributed by atoms with Crippen LogP contribution >= 0.6 is 0 Å². The number of hydrogen-bond acceptors (Lipinski definition) is 4. The highest BCUT2D eigenvalue weighted by molar-refractivity contribution is 5.93. The second-order valence-corrected chi connectivity index (χ2v) is 5.39. The highest BCUT2D eigenvalue weighted by atomic mass is 19.1. The molecule has 1 amide bonds. The molecular weight excluding hydrogens is 307 g/mol. The van der Waals surface area contributed by atoms with E-state index in [4.69, 9.17) is 0 Å². The summed E-state index contributed by atoms with van der Waals surface area (Å²) in [4.78, 5) is 23.8. The Balaban J connectivity index is 1.80. The van der Waals surface area contributed by atoms with Crippen molar-refractivity contribution in [1.82, 2.24) is 15.0 Å². The normalized spacial score (nSPS) is 10.4. The average molecular weight is 322 g/mol. The van der Waals surface area contributed by atoms with Crippen LogP contribution < -0.4 is 5.32 Å². The first-order valence-electron chi connectivity index (χ1n) is 7.37. The zero-order chi connectivity index (χ0) is 16.9. The molecule has 0 saturated heterocycles. The highest BCUT2D eigenvalue weighted by Crippen LogP contribution is 2.25. The van der Waals surface area contributed by atoms with Crippen molar-refractivity contribution in [2.75, 3.05) is 5.32 Å². The largest absolute Gasteiger partial charge is 0.326 e. The third-order valence-corrected chi connectivity index (χ3v) is 3.53. The zero-order valence-electron chi connectivity index (χ0n) is 13.0. The molecule has 3 aromatic rings. The minimum atomic E-state index is -0.400. The van der Waals surface area contributed by atoms with Crippen molar-refractivity contribution in [3.63, 3.8) is 0 Å². The maximum Gasteiger partial charge on any atom is 0.228 e. The molecule has 120 valence electrons. The van der Waals surface area contributed by atoms with Crippen LogP contribution in [0.1, 0.15) is 11.1 Å². The molecule has 0 aliphatic heterocycles. The fraction of sp³-hybridized carbons (Fsp3) is 0.111. The number of benzene rings is 1. The summed E-state index contributed by atoms with van der Waals surface area (Å²) in [5, 5.41) is 2.87. The quantitative estimate of drug-likeness (QED) is 0.801. The molecule has 1 aromatic carbocycles. The van der Waals surface area contributed by atoms with Crippen LogP contribution in [0.25, 0.3) is 11.1 Å². The number of carbonyl (C=O) groups is 1. The molecule has 1 N–H and O–H groups in total. The van der Waals surface area contributed by atoms with Gasteiger partial charge in [0.2, 0.25) is 5.91 Å². The Labute approximate surface area is 138 Å². The highest BCUT2D eigenvalue weighted by Gasteiger charge is 2.09. The maximum absolute atomic E-state index is 13.3. The average Bonchev–Trinajstić information content (AvgIpc) is 2.58. The molecule has 0 aliphatic carbocycles. The lowest BCUT2D eigenvalue weighted by atomic mass is 10.0. The van der Waals surface area contributed by atoms with E-state index in [-0.39, 0.29) is 12.3 Å². The smallest absolute Gasteiger partial charge is 0.228 e. The molecule has 0 radical (unpaired) electrons. The van der Waals surface area contributed by atoms with E-state index in [1.807, 2.05) is 25.1 Å². The summed E-state index contributed by atoms with van der Waals surface area (Å²) in [5.74, 6) is -0.565. The molecule has 0 spiro atoms. The van der Waals surface area contributed by atoms with Gasteiger partial charge >= 0.3 is 0 Å². The zero-order valence-corrected chi connectivity index (χ0v) is 13.0. The number of carbonyl (C=O) groups excluding carboxylic acids is 1. The van der Waals surface area contributed by atoms with Gasteiger partial charge < -0.3 is 5.32 Å². The number of hydrogen-bond donors (Lipinski definition) is 1. The van der Waals surface area contributed by atoms with Crippen molar-refractivity contribution in [2.45, 2.75) is 13.3 Å². The molecular formula is C18H15FN4O. The number of anilines is 1. The topological polar surface area (TPSA) is 67.8 Å². The number of aromatic nitrogens is 3. The predicted molar refractivity (Wildman–Crippen MR) is 88.7 cm³/mol. The van der Waals surface area contributed by atoms with Crippen LogP contribution in [0.15, 0.2) is 55.4 Å². The number of nitrogens with one attached hydrogen (secondary N) is 1. The molecule has 2 aromatic heterocycles. The Morgan fingerprint density at radius 2 is 1.83 bits per heavy atom. The van der Waals surface area contributed by atoms with Gasteiger partial charge in [0, 0.05) is 29.8 Å². The van der Waals surface area contributed by atoms with Gasteiger partial charge in [0.1, 0.15) is 12.1 Å². The van der Waals surface area contributed by atoms with Crippen molar-refractivity contribution in [3.05, 3.63) is 72.3 Å².